The molecule has 332 valence electrons. The van der Waals surface area contributed by atoms with Crippen LogP contribution in [0.2, 0.25) is 5.02 Å². The lowest BCUT2D eigenvalue weighted by molar-refractivity contribution is -0.137. The number of hydrogen-bond donors (Lipinski definition) is 5. The highest BCUT2D eigenvalue weighted by atomic mass is 35.5. The van der Waals surface area contributed by atoms with Gasteiger partial charge in [0.05, 0.1) is 45.4 Å². The molecule has 0 aliphatic carbocycles. The first-order valence-corrected chi connectivity index (χ1v) is 22.2. The topological polar surface area (TPSA) is 189 Å². The molecule has 0 fully saturated rings. The fourth-order valence-corrected chi connectivity index (χ4v) is 7.79. The number of aromatic nitrogens is 2. The second kappa shape index (κ2) is 23.2. The first-order valence-electron chi connectivity index (χ1n) is 19.9. The van der Waals surface area contributed by atoms with Crippen LogP contribution in [0, 0.1) is 0 Å². The van der Waals surface area contributed by atoms with Crippen molar-refractivity contribution in [3.05, 3.63) is 200 Å². The van der Waals surface area contributed by atoms with Crippen molar-refractivity contribution in [2.75, 3.05) is 22.9 Å². The van der Waals surface area contributed by atoms with Gasteiger partial charge in [-0.15, -0.1) is 0 Å². The third-order valence-electron chi connectivity index (χ3n) is 9.74. The summed E-state index contributed by atoms with van der Waals surface area (Å²) in [7, 11) is 1.89. The molecule has 0 aliphatic heterocycles. The number of nitrogens with zero attached hydrogens (tertiary/aromatic N) is 2. The highest BCUT2D eigenvalue weighted by Crippen LogP contribution is 2.21. The first-order chi connectivity index (χ1) is 31.4. The van der Waals surface area contributed by atoms with Crippen molar-refractivity contribution in [1.29, 1.82) is 0 Å². The number of nitrogens with one attached hydrogen (secondary N) is 4. The maximum absolute atomic E-state index is 13.0. The lowest BCUT2D eigenvalue weighted by Gasteiger charge is -2.18. The fraction of sp³-hybridized carbons (Fsp3) is 0.128. The average Bonchev–Trinajstić information content (AvgIpc) is 3.31. The lowest BCUT2D eigenvalue weighted by atomic mass is 10.0. The van der Waals surface area contributed by atoms with E-state index in [1.165, 1.54) is 38.9 Å². The number of carbonyl (C=O) groups is 4. The maximum Gasteiger partial charge on any atom is 0.310 e. The highest BCUT2D eigenvalue weighted by molar-refractivity contribution is 8.23. The second-order valence-corrected chi connectivity index (χ2v) is 16.6. The Morgan fingerprint density at radius 3 is 1.72 bits per heavy atom. The zero-order chi connectivity index (χ0) is 46.3. The van der Waals surface area contributed by atoms with Crippen LogP contribution in [0.3, 0.4) is 0 Å². The van der Waals surface area contributed by atoms with Crippen LogP contribution in [0.15, 0.2) is 162 Å². The minimum absolute atomic E-state index is 0.0324. The van der Waals surface area contributed by atoms with Gasteiger partial charge in [0.1, 0.15) is 15.4 Å². The van der Waals surface area contributed by atoms with Crippen LogP contribution in [0.1, 0.15) is 56.8 Å². The summed E-state index contributed by atoms with van der Waals surface area (Å²) in [4.78, 5) is 74.4. The predicted molar refractivity (Wildman–Crippen MR) is 262 cm³/mol. The molecule has 14 nitrogen and oxygen atoms in total. The standard InChI is InChI=1S/C28H26N4O4S2.C19H16ClN2O4P/c33-25(34)18-24(19-7-3-1-4-8-19)31-26(35)23-12-11-22-17-21(13-15-32(22)27(23)36)29-14-16-38-28(37)30-20-9-5-2-6-10-20;20-13-8-9-22-14(10-13)6-7-15(19(22)25)18(24)21-16(11-17(23)26-27)12-4-2-1-3-5-12/h1-13,15,17,24,29H,14,16,18H2,(H,30,37)(H,31,35)(H,33,34);1-10,16H,11,27H2,(H,21,24). The number of para-hydroxylation sites is 1. The van der Waals surface area contributed by atoms with E-state index in [0.29, 0.717) is 32.5 Å². The van der Waals surface area contributed by atoms with Crippen molar-refractivity contribution < 1.29 is 28.8 Å². The molecule has 7 rings (SSSR count). The number of fused-ring (bicyclic) bond motifs is 2. The summed E-state index contributed by atoms with van der Waals surface area (Å²) in [6, 6.07) is 39.2. The Kier molecular flexibility index (Phi) is 17.0. The molecule has 3 unspecified atom stereocenters. The van der Waals surface area contributed by atoms with Gasteiger partial charge in [-0.2, -0.15) is 0 Å². The van der Waals surface area contributed by atoms with E-state index in [-0.39, 0.29) is 24.0 Å². The van der Waals surface area contributed by atoms with E-state index in [0.717, 1.165) is 22.7 Å². The molecule has 0 aliphatic rings. The van der Waals surface area contributed by atoms with Crippen molar-refractivity contribution >= 4 is 95.5 Å². The molecule has 0 radical (unpaired) electrons. The first kappa shape index (κ1) is 47.6. The largest absolute Gasteiger partial charge is 0.481 e. The average molecular weight is 949 g/mol. The fourth-order valence-electron chi connectivity index (χ4n) is 6.58. The number of hydrogen-bond acceptors (Lipinski definition) is 10. The number of thioether (sulfide) groups is 1. The smallest absolute Gasteiger partial charge is 0.310 e. The third kappa shape index (κ3) is 13.3. The maximum atomic E-state index is 13.0. The minimum atomic E-state index is -1.05. The van der Waals surface area contributed by atoms with E-state index in [4.69, 9.17) is 23.8 Å². The molecule has 18 heteroatoms. The molecule has 2 amide bonds. The van der Waals surface area contributed by atoms with Crippen molar-refractivity contribution in [1.82, 2.24) is 19.4 Å². The van der Waals surface area contributed by atoms with Gasteiger partial charge in [-0.25, -0.2) is 0 Å². The monoisotopic (exact) mass is 948 g/mol. The summed E-state index contributed by atoms with van der Waals surface area (Å²) < 4.78 is 8.05. The van der Waals surface area contributed by atoms with Gasteiger partial charge in [-0.3, -0.25) is 37.6 Å². The normalized spacial score (nSPS) is 11.6. The molecule has 65 heavy (non-hydrogen) atoms. The summed E-state index contributed by atoms with van der Waals surface area (Å²) in [5, 5.41) is 21.7. The molecule has 3 atom stereocenters. The second-order valence-electron chi connectivity index (χ2n) is 14.2. The molecule has 0 spiro atoms. The molecule has 4 aromatic heterocycles. The summed E-state index contributed by atoms with van der Waals surface area (Å²) in [6.07, 6.45) is 2.75. The molecule has 5 N–H and O–H groups in total. The third-order valence-corrected chi connectivity index (χ3v) is 11.5. The van der Waals surface area contributed by atoms with E-state index in [2.05, 4.69) is 25.8 Å². The van der Waals surface area contributed by atoms with Crippen molar-refractivity contribution in [2.45, 2.75) is 24.9 Å². The molecule has 4 heterocycles. The molecule has 0 saturated heterocycles. The Balaban J connectivity index is 0.000000228. The Labute approximate surface area is 389 Å². The van der Waals surface area contributed by atoms with Crippen molar-refractivity contribution in [2.24, 2.45) is 0 Å². The predicted octanol–water partition coefficient (Wildman–Crippen LogP) is 7.93. The van der Waals surface area contributed by atoms with E-state index in [9.17, 15) is 33.9 Å². The van der Waals surface area contributed by atoms with Gasteiger partial charge >= 0.3 is 11.9 Å². The van der Waals surface area contributed by atoms with Gasteiger partial charge in [0.15, 0.2) is 0 Å². The number of aliphatic carboxylic acids is 1. The molecule has 0 saturated carbocycles. The Morgan fingerprint density at radius 1 is 0.677 bits per heavy atom. The number of thiocarbonyl (C=S) groups is 1. The zero-order valence-corrected chi connectivity index (χ0v) is 37.9. The quantitative estimate of drug-likeness (QED) is 0.0380. The number of carboxylic acid groups (broad SMARTS) is 1. The number of pyridine rings is 4. The Hall–Kier alpha value is -6.84. The van der Waals surface area contributed by atoms with Crippen LogP contribution in [0.5, 0.6) is 0 Å². The van der Waals surface area contributed by atoms with Crippen LogP contribution in [-0.4, -0.2) is 54.3 Å². The van der Waals surface area contributed by atoms with E-state index >= 15 is 0 Å². The molecular formula is C47H42ClN6O8PS2. The minimum Gasteiger partial charge on any atom is -0.481 e. The van der Waals surface area contributed by atoms with E-state index < -0.39 is 47.0 Å². The lowest BCUT2D eigenvalue weighted by Crippen LogP contribution is -2.34. The van der Waals surface area contributed by atoms with Crippen LogP contribution in [0.4, 0.5) is 11.4 Å². The number of amides is 2. The molecule has 0 bridgehead atoms. The number of carbonyl (C=O) groups excluding carboxylic acids is 3. The van der Waals surface area contributed by atoms with Gasteiger partial charge < -0.3 is 30.9 Å². The van der Waals surface area contributed by atoms with Gasteiger partial charge in [-0.05, 0) is 71.8 Å². The number of anilines is 2. The molecule has 7 aromatic rings. The van der Waals surface area contributed by atoms with Crippen LogP contribution in [0.25, 0.3) is 11.0 Å². The van der Waals surface area contributed by atoms with Gasteiger partial charge in [0.2, 0.25) is 0 Å². The number of halogens is 1. The SMILES string of the molecule is O=C(CC(NC(=O)c1ccc2cc(Cl)ccn2c1=O)c1ccccc1)OP.O=C(O)CC(NC(=O)c1ccc2cc(NCCSC(=S)Nc3ccccc3)ccn2c1=O)c1ccccc1. The highest BCUT2D eigenvalue weighted by Gasteiger charge is 2.23. The summed E-state index contributed by atoms with van der Waals surface area (Å²) in [6.45, 7) is 0.659. The van der Waals surface area contributed by atoms with E-state index in [1.54, 1.807) is 91.1 Å². The summed E-state index contributed by atoms with van der Waals surface area (Å²) in [5.74, 6) is -2.01. The summed E-state index contributed by atoms with van der Waals surface area (Å²) >= 11 is 12.8. The number of rotatable bonds is 15. The van der Waals surface area contributed by atoms with Crippen LogP contribution in [-0.2, 0) is 14.1 Å². The van der Waals surface area contributed by atoms with E-state index in [1.807, 2.05) is 51.9 Å². The van der Waals surface area contributed by atoms with Crippen molar-refractivity contribution in [3.63, 3.8) is 0 Å². The Bertz CT molecular complexity index is 2940. The number of benzene rings is 3. The van der Waals surface area contributed by atoms with Crippen LogP contribution >= 0.6 is 45.0 Å². The Morgan fingerprint density at radius 2 is 1.18 bits per heavy atom. The number of carboxylic acids is 1. The van der Waals surface area contributed by atoms with Gasteiger partial charge in [0, 0.05) is 41.1 Å². The van der Waals surface area contributed by atoms with Gasteiger partial charge in [-0.1, -0.05) is 114 Å². The summed E-state index contributed by atoms with van der Waals surface area (Å²) in [5.41, 5.74) is 3.30. The van der Waals surface area contributed by atoms with Crippen molar-refractivity contribution in [3.8, 4) is 0 Å². The van der Waals surface area contributed by atoms with Crippen LogP contribution < -0.4 is 32.4 Å². The zero-order valence-electron chi connectivity index (χ0n) is 34.4. The van der Waals surface area contributed by atoms with Gasteiger partial charge in [0.25, 0.3) is 22.9 Å². The molecule has 3 aromatic carbocycles. The molecular weight excluding hydrogens is 907 g/mol.